The number of anilines is 1. The predicted molar refractivity (Wildman–Crippen MR) is 129 cm³/mol. The molecule has 0 fully saturated rings. The van der Waals surface area contributed by atoms with Crippen LogP contribution >= 0.6 is 11.6 Å². The molecule has 0 spiro atoms. The highest BCUT2D eigenvalue weighted by molar-refractivity contribution is 6.30. The average molecular weight is 463 g/mol. The number of rotatable bonds is 9. The van der Waals surface area contributed by atoms with Crippen molar-refractivity contribution in [2.75, 3.05) is 19.0 Å². The van der Waals surface area contributed by atoms with Gasteiger partial charge in [-0.25, -0.2) is 0 Å². The molecule has 0 atom stereocenters. The zero-order valence-electron chi connectivity index (χ0n) is 18.3. The first-order valence-corrected chi connectivity index (χ1v) is 10.6. The number of methoxy groups -OCH3 is 1. The quantitative estimate of drug-likeness (QED) is 0.317. The van der Waals surface area contributed by atoms with Gasteiger partial charge in [0.1, 0.15) is 24.0 Å². The molecule has 0 aromatic heterocycles. The van der Waals surface area contributed by atoms with Crippen molar-refractivity contribution in [3.05, 3.63) is 88.5 Å². The van der Waals surface area contributed by atoms with Crippen molar-refractivity contribution in [2.24, 2.45) is 0 Å². The molecular formula is C26H23ClN2O4. The molecule has 1 N–H and O–H groups in total. The van der Waals surface area contributed by atoms with Crippen molar-refractivity contribution < 1.29 is 19.0 Å². The van der Waals surface area contributed by atoms with Gasteiger partial charge in [0.05, 0.1) is 13.7 Å². The van der Waals surface area contributed by atoms with Crippen LogP contribution < -0.4 is 19.5 Å². The minimum absolute atomic E-state index is 0.0410. The third kappa shape index (κ3) is 6.76. The van der Waals surface area contributed by atoms with Gasteiger partial charge in [0.2, 0.25) is 0 Å². The van der Waals surface area contributed by atoms with Gasteiger partial charge in [-0.05, 0) is 72.7 Å². The van der Waals surface area contributed by atoms with Crippen molar-refractivity contribution >= 4 is 29.3 Å². The van der Waals surface area contributed by atoms with E-state index in [9.17, 15) is 10.1 Å². The number of carbonyl (C=O) groups is 1. The summed E-state index contributed by atoms with van der Waals surface area (Å²) in [6.45, 7) is 2.80. The first-order chi connectivity index (χ1) is 16.0. The molecule has 33 heavy (non-hydrogen) atoms. The van der Waals surface area contributed by atoms with Gasteiger partial charge in [-0.1, -0.05) is 29.8 Å². The van der Waals surface area contributed by atoms with Crippen LogP contribution in [0.25, 0.3) is 6.08 Å². The standard InChI is InChI=1S/C26H23ClN2O4/c1-3-32-23-11-9-22(10-12-23)29-26(30)20(16-28)14-19-6-13-24(25(15-19)31-2)33-17-18-4-7-21(27)8-5-18/h4-15H,3,17H2,1-2H3,(H,29,30)/b20-14-. The molecule has 0 aliphatic heterocycles. The van der Waals surface area contributed by atoms with Crippen LogP contribution in [0.4, 0.5) is 5.69 Å². The van der Waals surface area contributed by atoms with Gasteiger partial charge < -0.3 is 19.5 Å². The largest absolute Gasteiger partial charge is 0.494 e. The number of carbonyl (C=O) groups excluding carboxylic acids is 1. The summed E-state index contributed by atoms with van der Waals surface area (Å²) in [4.78, 5) is 12.6. The van der Waals surface area contributed by atoms with Gasteiger partial charge >= 0.3 is 0 Å². The molecule has 0 aliphatic rings. The van der Waals surface area contributed by atoms with E-state index in [-0.39, 0.29) is 5.57 Å². The number of hydrogen-bond donors (Lipinski definition) is 1. The third-order valence-electron chi connectivity index (χ3n) is 4.59. The van der Waals surface area contributed by atoms with E-state index < -0.39 is 5.91 Å². The normalized spacial score (nSPS) is 10.8. The maximum Gasteiger partial charge on any atom is 0.266 e. The van der Waals surface area contributed by atoms with Crippen molar-refractivity contribution in [3.8, 4) is 23.3 Å². The molecule has 7 heteroatoms. The molecule has 3 rings (SSSR count). The number of ether oxygens (including phenoxy) is 3. The van der Waals surface area contributed by atoms with Crippen LogP contribution in [0.15, 0.2) is 72.3 Å². The lowest BCUT2D eigenvalue weighted by Crippen LogP contribution is -2.13. The van der Waals surface area contributed by atoms with Gasteiger partial charge in [-0.3, -0.25) is 4.79 Å². The lowest BCUT2D eigenvalue weighted by molar-refractivity contribution is -0.112. The minimum atomic E-state index is -0.510. The van der Waals surface area contributed by atoms with Crippen LogP contribution in [0, 0.1) is 11.3 Å². The fourth-order valence-electron chi connectivity index (χ4n) is 2.95. The summed E-state index contributed by atoms with van der Waals surface area (Å²) in [5.74, 6) is 1.23. The lowest BCUT2D eigenvalue weighted by Gasteiger charge is -2.12. The first kappa shape index (κ1) is 23.7. The second kappa shape index (κ2) is 11.6. The van der Waals surface area contributed by atoms with Crippen LogP contribution in [0.2, 0.25) is 5.02 Å². The van der Waals surface area contributed by atoms with Crippen molar-refractivity contribution in [1.29, 1.82) is 5.26 Å². The monoisotopic (exact) mass is 462 g/mol. The zero-order chi connectivity index (χ0) is 23.6. The molecule has 0 aliphatic carbocycles. The summed E-state index contributed by atoms with van der Waals surface area (Å²) in [6, 6.07) is 21.4. The third-order valence-corrected chi connectivity index (χ3v) is 4.85. The van der Waals surface area contributed by atoms with Gasteiger partial charge in [-0.2, -0.15) is 5.26 Å². The number of amides is 1. The van der Waals surface area contributed by atoms with Gasteiger partial charge in [-0.15, -0.1) is 0 Å². The molecule has 0 saturated heterocycles. The van der Waals surface area contributed by atoms with E-state index in [2.05, 4.69) is 5.32 Å². The van der Waals surface area contributed by atoms with Crippen LogP contribution in [0.3, 0.4) is 0 Å². The molecule has 0 radical (unpaired) electrons. The maximum absolute atomic E-state index is 12.6. The number of benzene rings is 3. The smallest absolute Gasteiger partial charge is 0.266 e. The Kier molecular flexibility index (Phi) is 8.34. The van der Waals surface area contributed by atoms with E-state index in [0.29, 0.717) is 46.7 Å². The van der Waals surface area contributed by atoms with Crippen molar-refractivity contribution in [3.63, 3.8) is 0 Å². The Bertz CT molecular complexity index is 1170. The van der Waals surface area contributed by atoms with Crippen LogP contribution in [-0.4, -0.2) is 19.6 Å². The lowest BCUT2D eigenvalue weighted by atomic mass is 10.1. The van der Waals surface area contributed by atoms with E-state index in [1.54, 1.807) is 54.6 Å². The Morgan fingerprint density at radius 1 is 1.03 bits per heavy atom. The van der Waals surface area contributed by atoms with Crippen LogP contribution in [-0.2, 0) is 11.4 Å². The first-order valence-electron chi connectivity index (χ1n) is 10.2. The molecule has 3 aromatic carbocycles. The molecule has 3 aromatic rings. The second-order valence-electron chi connectivity index (χ2n) is 6.91. The summed E-state index contributed by atoms with van der Waals surface area (Å²) in [5.41, 5.74) is 2.11. The number of nitriles is 1. The summed E-state index contributed by atoms with van der Waals surface area (Å²) >= 11 is 5.91. The topological polar surface area (TPSA) is 80.6 Å². The SMILES string of the molecule is CCOc1ccc(NC(=O)/C(C#N)=C\c2ccc(OCc3ccc(Cl)cc3)c(OC)c2)cc1. The molecule has 0 saturated carbocycles. The fourth-order valence-corrected chi connectivity index (χ4v) is 3.08. The highest BCUT2D eigenvalue weighted by Gasteiger charge is 2.12. The molecule has 0 heterocycles. The maximum atomic E-state index is 12.6. The number of halogens is 1. The molecule has 168 valence electrons. The Morgan fingerprint density at radius 3 is 2.39 bits per heavy atom. The predicted octanol–water partition coefficient (Wildman–Crippen LogP) is 5.87. The van der Waals surface area contributed by atoms with Crippen molar-refractivity contribution in [2.45, 2.75) is 13.5 Å². The van der Waals surface area contributed by atoms with E-state index in [1.165, 1.54) is 13.2 Å². The number of nitrogens with one attached hydrogen (secondary N) is 1. The highest BCUT2D eigenvalue weighted by atomic mass is 35.5. The summed E-state index contributed by atoms with van der Waals surface area (Å²) < 4.78 is 16.7. The van der Waals surface area contributed by atoms with E-state index in [4.69, 9.17) is 25.8 Å². The molecule has 0 bridgehead atoms. The van der Waals surface area contributed by atoms with Gasteiger partial charge in [0, 0.05) is 10.7 Å². The minimum Gasteiger partial charge on any atom is -0.494 e. The summed E-state index contributed by atoms with van der Waals surface area (Å²) in [5, 5.41) is 12.9. The Hall–Kier alpha value is -3.95. The highest BCUT2D eigenvalue weighted by Crippen LogP contribution is 2.30. The van der Waals surface area contributed by atoms with Crippen LogP contribution in [0.5, 0.6) is 17.2 Å². The molecule has 6 nitrogen and oxygen atoms in total. The number of hydrogen-bond acceptors (Lipinski definition) is 5. The zero-order valence-corrected chi connectivity index (χ0v) is 19.1. The second-order valence-corrected chi connectivity index (χ2v) is 7.34. The van der Waals surface area contributed by atoms with E-state index in [0.717, 1.165) is 5.56 Å². The van der Waals surface area contributed by atoms with Crippen LogP contribution in [0.1, 0.15) is 18.1 Å². The summed E-state index contributed by atoms with van der Waals surface area (Å²) in [6.07, 6.45) is 1.50. The van der Waals surface area contributed by atoms with E-state index in [1.807, 2.05) is 25.1 Å². The Morgan fingerprint density at radius 2 is 1.76 bits per heavy atom. The van der Waals surface area contributed by atoms with Gasteiger partial charge in [0.25, 0.3) is 5.91 Å². The van der Waals surface area contributed by atoms with Crippen molar-refractivity contribution in [1.82, 2.24) is 0 Å². The molecule has 1 amide bonds. The molecular weight excluding hydrogens is 440 g/mol. The Labute approximate surface area is 198 Å². The average Bonchev–Trinajstić information content (AvgIpc) is 2.83. The van der Waals surface area contributed by atoms with E-state index >= 15 is 0 Å². The summed E-state index contributed by atoms with van der Waals surface area (Å²) in [7, 11) is 1.53. The number of nitrogens with zero attached hydrogens (tertiary/aromatic N) is 1. The Balaban J connectivity index is 1.71. The van der Waals surface area contributed by atoms with Gasteiger partial charge in [0.15, 0.2) is 11.5 Å². The fraction of sp³-hybridized carbons (Fsp3) is 0.154. The molecule has 0 unspecified atom stereocenters.